The number of aromatic nitrogens is 21. The number of rotatable bonds is 18. The number of aromatic amines is 6. The van der Waals surface area contributed by atoms with Gasteiger partial charge < -0.3 is 100 Å². The molecule has 31 nitrogen and oxygen atoms in total. The van der Waals surface area contributed by atoms with Gasteiger partial charge in [-0.2, -0.15) is 17.6 Å². The van der Waals surface area contributed by atoms with Crippen molar-refractivity contribution in [3.63, 3.8) is 0 Å². The lowest BCUT2D eigenvalue weighted by Crippen LogP contribution is -2.03. The van der Waals surface area contributed by atoms with Crippen LogP contribution in [0.3, 0.4) is 0 Å². The van der Waals surface area contributed by atoms with Crippen LogP contribution in [0.4, 0.5) is 17.6 Å². The van der Waals surface area contributed by atoms with Gasteiger partial charge in [-0.05, 0) is 140 Å². The summed E-state index contributed by atoms with van der Waals surface area (Å²) in [7, 11) is 23.1. The van der Waals surface area contributed by atoms with Crippen LogP contribution < -0.4 is 47.4 Å². The number of benzene rings is 6. The van der Waals surface area contributed by atoms with Crippen molar-refractivity contribution in [1.29, 1.82) is 0 Å². The summed E-state index contributed by atoms with van der Waals surface area (Å²) in [5, 5.41) is 9.84. The average Bonchev–Trinajstić information content (AvgIpc) is 2.07. The monoisotopic (exact) mass is 1730 g/mol. The molecule has 35 heteroatoms. The normalized spacial score (nSPS) is 11.5. The van der Waals surface area contributed by atoms with Crippen LogP contribution >= 0.6 is 0 Å². The average molecular weight is 1730 g/mol. The lowest BCUT2D eigenvalue weighted by atomic mass is 10.1. The second-order valence-electron chi connectivity index (χ2n) is 29.6. The van der Waals surface area contributed by atoms with Gasteiger partial charge in [0.05, 0.1) is 107 Å². The van der Waals surface area contributed by atoms with Crippen LogP contribution in [0.15, 0.2) is 208 Å². The Morgan fingerprint density at radius 3 is 0.789 bits per heavy atom. The molecule has 0 spiro atoms. The van der Waals surface area contributed by atoms with E-state index in [0.717, 1.165) is 201 Å². The zero-order chi connectivity index (χ0) is 88.9. The minimum Gasteiger partial charge on any atom is -0.497 e. The fourth-order valence-corrected chi connectivity index (χ4v) is 16.2. The molecule has 0 bridgehead atoms. The summed E-state index contributed by atoms with van der Waals surface area (Å²) in [6.45, 7) is -5.89. The number of nitrogens with one attached hydrogen (secondary N) is 6. The molecular formula is C93H81F4N21O10. The predicted molar refractivity (Wildman–Crippen MR) is 482 cm³/mol. The van der Waals surface area contributed by atoms with Crippen LogP contribution in [0.2, 0.25) is 0 Å². The summed E-state index contributed by atoms with van der Waals surface area (Å²) in [5.74, 6) is 5.59. The molecule has 0 aliphatic heterocycles. The Bertz CT molecular complexity index is 7580. The Labute approximate surface area is 723 Å². The number of aryl methyl sites for hydroxylation is 5. The van der Waals surface area contributed by atoms with Gasteiger partial charge in [0.1, 0.15) is 94.4 Å². The largest absolute Gasteiger partial charge is 0.497 e. The Kier molecular flexibility index (Phi) is 22.0. The van der Waals surface area contributed by atoms with Gasteiger partial charge in [-0.25, -0.2) is 49.8 Å². The summed E-state index contributed by atoms with van der Waals surface area (Å²) >= 11 is 0. The van der Waals surface area contributed by atoms with E-state index in [2.05, 4.69) is 152 Å². The van der Waals surface area contributed by atoms with Crippen LogP contribution in [-0.4, -0.2) is 173 Å². The Morgan fingerprint density at radius 1 is 0.258 bits per heavy atom. The molecule has 22 rings (SSSR count). The predicted octanol–water partition coefficient (Wildman–Crippen LogP) is 19.0. The highest BCUT2D eigenvalue weighted by Crippen LogP contribution is 2.43. The quantitative estimate of drug-likeness (QED) is 0.0435. The van der Waals surface area contributed by atoms with E-state index in [4.69, 9.17) is 37.9 Å². The summed E-state index contributed by atoms with van der Waals surface area (Å²) in [5.41, 5.74) is 21.0. The van der Waals surface area contributed by atoms with Gasteiger partial charge in [-0.1, -0.05) is 0 Å². The lowest BCUT2D eigenvalue weighted by Gasteiger charge is -2.02. The number of hydrogen-bond acceptors (Lipinski definition) is 20. The van der Waals surface area contributed by atoms with Crippen LogP contribution in [0.1, 0.15) is 0 Å². The van der Waals surface area contributed by atoms with Crippen molar-refractivity contribution in [2.24, 2.45) is 35.2 Å². The first-order valence-electron chi connectivity index (χ1n) is 39.7. The Morgan fingerprint density at radius 2 is 0.508 bits per heavy atom. The molecule has 0 saturated heterocycles. The number of H-pyrrole nitrogens is 6. The molecule has 0 atom stereocenters. The standard InChI is InChI=1S/C25H21N5O2.2C17H14F2N4O2.2C17H16N4O2/c1-30-12-20(17-9-15(32-3)5-7-23(17)30)22-10-18-24(27-13-28-25(18)29-22)19-11-26-21-6-4-14(31-2)8-16(19)21;2*1-23-7-12(10-5-9(24-2)3-4-14(10)23)13-6-11-15(22-13)20-8-21-16(11)25-17(18)19;2*1-21-8-13(11-6-10(22-2)4-5-15(11)21)14-7-12-16(20-14)18-9-19-17(12)23-3/h4-13,26H,1-3H3,(H,27,28,29);2*3-8,17H,1-2H3,(H,20,21,22);2*4-9H,1-3H3,(H,18,19,20). The van der Waals surface area contributed by atoms with Gasteiger partial charge >= 0.3 is 13.2 Å². The number of methoxy groups -OCH3 is 8. The van der Waals surface area contributed by atoms with Gasteiger partial charge in [0, 0.05) is 182 Å². The molecule has 16 heterocycles. The fourth-order valence-electron chi connectivity index (χ4n) is 16.2. The molecular weight excluding hydrogens is 1650 g/mol. The van der Waals surface area contributed by atoms with Gasteiger partial charge in [0.2, 0.25) is 23.5 Å². The molecule has 6 N–H and O–H groups in total. The van der Waals surface area contributed by atoms with E-state index in [-0.39, 0.29) is 11.8 Å². The van der Waals surface area contributed by atoms with Crippen molar-refractivity contribution >= 4 is 121 Å². The SMILES string of the molecule is COc1ccc2[nH]cc(-c3ncnc4[nH]c(-c5cn(C)c6ccc(OC)cc56)cc34)c2c1.COc1ccc2c(c1)c(-c1cc3c(OC(F)F)ncnc3[nH]1)cn2C.COc1ccc2c(c1)c(-c1cc3c(OC(F)F)ncnc3[nH]1)cn2C.COc1ccc2c(c1)c(-c1cc3c(OC)ncnc3[nH]1)cn2C.COc1ccc2c(c1)c(-c1cc3c(OC)ncnc3[nH]1)cn2C. The second-order valence-corrected chi connectivity index (χ2v) is 29.6. The molecule has 0 amide bonds. The highest BCUT2D eigenvalue weighted by Gasteiger charge is 2.24. The second kappa shape index (κ2) is 34.2. The van der Waals surface area contributed by atoms with E-state index in [1.54, 1.807) is 75.3 Å². The Balaban J connectivity index is 0.000000109. The third kappa shape index (κ3) is 15.4. The molecule has 0 aliphatic rings. The maximum atomic E-state index is 12.6. The van der Waals surface area contributed by atoms with Crippen molar-refractivity contribution < 1.29 is 64.9 Å². The van der Waals surface area contributed by atoms with Crippen molar-refractivity contribution in [1.82, 2.24) is 103 Å². The number of nitrogens with zero attached hydrogens (tertiary/aromatic N) is 15. The molecule has 0 unspecified atom stereocenters. The topological polar surface area (TPSA) is 341 Å². The highest BCUT2D eigenvalue weighted by molar-refractivity contribution is 6.07. The number of ether oxygens (including phenoxy) is 10. The van der Waals surface area contributed by atoms with Crippen molar-refractivity contribution in [2.45, 2.75) is 13.2 Å². The lowest BCUT2D eigenvalue weighted by molar-refractivity contribution is -0.0524. The fraction of sp³-hybridized carbons (Fsp3) is 0.161. The third-order valence-corrected chi connectivity index (χ3v) is 22.3. The summed E-state index contributed by atoms with van der Waals surface area (Å²) < 4.78 is 112. The van der Waals surface area contributed by atoms with Crippen molar-refractivity contribution in [3.05, 3.63) is 208 Å². The number of halogens is 4. The van der Waals surface area contributed by atoms with E-state index >= 15 is 0 Å². The van der Waals surface area contributed by atoms with Crippen molar-refractivity contribution in [3.8, 4) is 126 Å². The molecule has 0 aliphatic carbocycles. The molecule has 6 aromatic carbocycles. The van der Waals surface area contributed by atoms with Gasteiger partial charge in [-0.15, -0.1) is 0 Å². The first-order chi connectivity index (χ1) is 62.2. The minimum atomic E-state index is -2.95. The maximum Gasteiger partial charge on any atom is 0.388 e. The number of hydrogen-bond donors (Lipinski definition) is 6. The first-order valence-corrected chi connectivity index (χ1v) is 39.7. The van der Waals surface area contributed by atoms with Crippen molar-refractivity contribution in [2.75, 3.05) is 56.9 Å². The molecule has 0 saturated carbocycles. The zero-order valence-corrected chi connectivity index (χ0v) is 71.1. The molecule has 0 fully saturated rings. The van der Waals surface area contributed by atoms with E-state index < -0.39 is 13.2 Å². The summed E-state index contributed by atoms with van der Waals surface area (Å²) in [4.78, 5) is 61.6. The molecule has 646 valence electrons. The summed E-state index contributed by atoms with van der Waals surface area (Å²) in [6, 6.07) is 45.4. The highest BCUT2D eigenvalue weighted by atomic mass is 19.3. The number of fused-ring (bicyclic) bond motifs is 11. The van der Waals surface area contributed by atoms with Gasteiger partial charge in [0.25, 0.3) is 0 Å². The first kappa shape index (κ1) is 82.3. The van der Waals surface area contributed by atoms with Gasteiger partial charge in [-0.3, -0.25) is 0 Å². The Hall–Kier alpha value is -16.6. The van der Waals surface area contributed by atoms with E-state index in [0.29, 0.717) is 33.8 Å². The van der Waals surface area contributed by atoms with Gasteiger partial charge in [0.15, 0.2) is 0 Å². The summed E-state index contributed by atoms with van der Waals surface area (Å²) in [6.07, 6.45) is 19.2. The molecule has 22 aromatic rings. The molecule has 128 heavy (non-hydrogen) atoms. The van der Waals surface area contributed by atoms with Crippen LogP contribution in [0, 0.1) is 0 Å². The minimum absolute atomic E-state index is 0.152. The smallest absolute Gasteiger partial charge is 0.388 e. The maximum absolute atomic E-state index is 12.6. The third-order valence-electron chi connectivity index (χ3n) is 22.3. The number of alkyl halides is 4. The van der Waals surface area contributed by atoms with E-state index in [1.807, 2.05) is 160 Å². The van der Waals surface area contributed by atoms with Crippen LogP contribution in [0.5, 0.6) is 58.0 Å². The van der Waals surface area contributed by atoms with Crippen LogP contribution in [0.25, 0.3) is 188 Å². The molecule has 16 aromatic heterocycles. The van der Waals surface area contributed by atoms with Crippen LogP contribution in [-0.2, 0) is 35.2 Å². The van der Waals surface area contributed by atoms with E-state index in [9.17, 15) is 17.6 Å². The van der Waals surface area contributed by atoms with E-state index in [1.165, 1.54) is 25.3 Å². The zero-order valence-electron chi connectivity index (χ0n) is 71.1. The molecule has 0 radical (unpaired) electrons.